The van der Waals surface area contributed by atoms with E-state index in [9.17, 15) is 9.18 Å². The molecule has 2 aromatic heterocycles. The fourth-order valence-corrected chi connectivity index (χ4v) is 4.80. The van der Waals surface area contributed by atoms with Crippen molar-refractivity contribution >= 4 is 40.5 Å². The number of anilines is 2. The van der Waals surface area contributed by atoms with Crippen LogP contribution in [0.15, 0.2) is 66.2 Å². The molecule has 0 saturated carbocycles. The zero-order valence-corrected chi connectivity index (χ0v) is 21.1. The van der Waals surface area contributed by atoms with E-state index in [0.717, 1.165) is 29.5 Å². The van der Waals surface area contributed by atoms with E-state index < -0.39 is 0 Å². The van der Waals surface area contributed by atoms with Crippen molar-refractivity contribution in [3.63, 3.8) is 0 Å². The van der Waals surface area contributed by atoms with E-state index >= 15 is 0 Å². The molecule has 0 atom stereocenters. The van der Waals surface area contributed by atoms with Gasteiger partial charge >= 0.3 is 0 Å². The predicted molar refractivity (Wildman–Crippen MR) is 140 cm³/mol. The van der Waals surface area contributed by atoms with Crippen LogP contribution in [-0.4, -0.2) is 58.7 Å². The molecule has 0 bridgehead atoms. The van der Waals surface area contributed by atoms with Gasteiger partial charge in [0.05, 0.1) is 31.6 Å². The molecule has 5 rings (SSSR count). The summed E-state index contributed by atoms with van der Waals surface area (Å²) in [5.41, 5.74) is 2.80. The molecule has 0 aliphatic carbocycles. The second kappa shape index (κ2) is 12.1. The average molecular weight is 529 g/mol. The van der Waals surface area contributed by atoms with Gasteiger partial charge in [-0.2, -0.15) is 0 Å². The molecule has 188 valence electrons. The van der Waals surface area contributed by atoms with Gasteiger partial charge in [-0.15, -0.1) is 28.8 Å². The highest BCUT2D eigenvalue weighted by atomic mass is 35.5. The number of thiazole rings is 1. The number of morpholine rings is 1. The van der Waals surface area contributed by atoms with Gasteiger partial charge in [-0.05, 0) is 29.8 Å². The zero-order valence-electron chi connectivity index (χ0n) is 19.5. The Morgan fingerprint density at radius 2 is 1.83 bits per heavy atom. The first-order valence-corrected chi connectivity index (χ1v) is 12.3. The first-order chi connectivity index (χ1) is 17.2. The quantitative estimate of drug-likeness (QED) is 0.343. The summed E-state index contributed by atoms with van der Waals surface area (Å²) in [5.74, 6) is -0.649. The van der Waals surface area contributed by atoms with Gasteiger partial charge in [0, 0.05) is 37.1 Å². The first-order valence-electron chi connectivity index (χ1n) is 11.4. The molecule has 1 amide bonds. The highest BCUT2D eigenvalue weighted by Gasteiger charge is 2.22. The molecular weight excluding hydrogens is 503 g/mol. The van der Waals surface area contributed by atoms with Crippen molar-refractivity contribution in [1.82, 2.24) is 20.0 Å². The van der Waals surface area contributed by atoms with Gasteiger partial charge < -0.3 is 14.5 Å². The highest BCUT2D eigenvalue weighted by molar-refractivity contribution is 7.13. The SMILES string of the molecule is Cl.O=C(c1cn(Cc2ccccc2)nn1)N(CCc1csc(N2CCOCC2)n1)c1ccc(F)cc1. The molecule has 0 spiro atoms. The first kappa shape index (κ1) is 25.7. The molecule has 1 saturated heterocycles. The minimum atomic E-state index is -0.357. The summed E-state index contributed by atoms with van der Waals surface area (Å²) in [6, 6.07) is 15.7. The molecule has 4 aromatic rings. The van der Waals surface area contributed by atoms with Crippen LogP contribution in [0.3, 0.4) is 0 Å². The van der Waals surface area contributed by atoms with Gasteiger partial charge in [-0.1, -0.05) is 35.5 Å². The van der Waals surface area contributed by atoms with Crippen molar-refractivity contribution in [2.75, 3.05) is 42.6 Å². The molecule has 11 heteroatoms. The van der Waals surface area contributed by atoms with Crippen LogP contribution in [0.25, 0.3) is 0 Å². The van der Waals surface area contributed by atoms with Crippen LogP contribution in [-0.2, 0) is 17.7 Å². The smallest absolute Gasteiger partial charge is 0.280 e. The summed E-state index contributed by atoms with van der Waals surface area (Å²) >= 11 is 1.60. The van der Waals surface area contributed by atoms with Crippen LogP contribution in [0.4, 0.5) is 15.2 Å². The number of carbonyl (C=O) groups is 1. The molecule has 0 N–H and O–H groups in total. The summed E-state index contributed by atoms with van der Waals surface area (Å²) in [5, 5.41) is 11.2. The number of carbonyl (C=O) groups excluding carboxylic acids is 1. The largest absolute Gasteiger partial charge is 0.378 e. The number of nitrogens with zero attached hydrogens (tertiary/aromatic N) is 6. The van der Waals surface area contributed by atoms with Gasteiger partial charge in [0.2, 0.25) is 0 Å². The van der Waals surface area contributed by atoms with Crippen molar-refractivity contribution < 1.29 is 13.9 Å². The Bertz CT molecular complexity index is 1260. The van der Waals surface area contributed by atoms with Crippen LogP contribution in [0.2, 0.25) is 0 Å². The van der Waals surface area contributed by atoms with E-state index in [4.69, 9.17) is 9.72 Å². The number of hydrogen-bond donors (Lipinski definition) is 0. The van der Waals surface area contributed by atoms with Crippen LogP contribution in [0.1, 0.15) is 21.7 Å². The summed E-state index contributed by atoms with van der Waals surface area (Å²) in [7, 11) is 0. The molecule has 2 aromatic carbocycles. The number of amides is 1. The van der Waals surface area contributed by atoms with E-state index in [1.807, 2.05) is 35.7 Å². The van der Waals surface area contributed by atoms with Crippen LogP contribution < -0.4 is 9.80 Å². The second-order valence-electron chi connectivity index (χ2n) is 8.19. The van der Waals surface area contributed by atoms with E-state index in [0.29, 0.717) is 38.4 Å². The molecule has 1 aliphatic rings. The fraction of sp³-hybridized carbons (Fsp3) is 0.280. The molecule has 36 heavy (non-hydrogen) atoms. The number of rotatable bonds is 8. The van der Waals surface area contributed by atoms with E-state index in [1.165, 1.54) is 12.1 Å². The molecule has 1 aliphatic heterocycles. The standard InChI is InChI=1S/C25H25FN6O2S.ClH/c26-20-6-8-22(9-7-20)32(11-10-21-18-35-25(27-21)30-12-14-34-15-13-30)24(33)23-17-31(29-28-23)16-19-4-2-1-3-5-19;/h1-9,17-18H,10-16H2;1H. The molecule has 8 nitrogen and oxygen atoms in total. The van der Waals surface area contributed by atoms with Crippen molar-refractivity contribution in [2.24, 2.45) is 0 Å². The lowest BCUT2D eigenvalue weighted by Gasteiger charge is -2.26. The minimum Gasteiger partial charge on any atom is -0.378 e. The lowest BCUT2D eigenvalue weighted by molar-refractivity contribution is 0.0982. The summed E-state index contributed by atoms with van der Waals surface area (Å²) in [4.78, 5) is 22.0. The predicted octanol–water partition coefficient (Wildman–Crippen LogP) is 4.07. The number of halogens is 2. The minimum absolute atomic E-state index is 0. The highest BCUT2D eigenvalue weighted by Crippen LogP contribution is 2.23. The third-order valence-corrected chi connectivity index (χ3v) is 6.69. The number of benzene rings is 2. The van der Waals surface area contributed by atoms with Crippen molar-refractivity contribution in [2.45, 2.75) is 13.0 Å². The Morgan fingerprint density at radius 3 is 2.58 bits per heavy atom. The normalized spacial score (nSPS) is 13.3. The maximum atomic E-state index is 13.6. The van der Waals surface area contributed by atoms with Crippen LogP contribution in [0.5, 0.6) is 0 Å². The van der Waals surface area contributed by atoms with Crippen molar-refractivity contribution in [3.05, 3.63) is 88.9 Å². The maximum absolute atomic E-state index is 13.6. The third kappa shape index (κ3) is 6.26. The Labute approximate surface area is 218 Å². The monoisotopic (exact) mass is 528 g/mol. The second-order valence-corrected chi connectivity index (χ2v) is 9.03. The lowest BCUT2D eigenvalue weighted by Crippen LogP contribution is -2.36. The van der Waals surface area contributed by atoms with Crippen LogP contribution in [0, 0.1) is 5.82 Å². The Balaban J connectivity index is 0.00000304. The lowest BCUT2D eigenvalue weighted by atomic mass is 10.2. The molecular formula is C25H26ClFN6O2S. The average Bonchev–Trinajstić information content (AvgIpc) is 3.56. The Hall–Kier alpha value is -3.34. The number of ether oxygens (including phenoxy) is 1. The molecule has 0 unspecified atom stereocenters. The molecule has 3 heterocycles. The van der Waals surface area contributed by atoms with Gasteiger partial charge in [0.15, 0.2) is 10.8 Å². The van der Waals surface area contributed by atoms with Crippen LogP contribution >= 0.6 is 23.7 Å². The molecule has 1 fully saturated rings. The van der Waals surface area contributed by atoms with Gasteiger partial charge in [-0.3, -0.25) is 4.79 Å². The van der Waals surface area contributed by atoms with Gasteiger partial charge in [0.25, 0.3) is 5.91 Å². The third-order valence-electron chi connectivity index (χ3n) is 5.74. The summed E-state index contributed by atoms with van der Waals surface area (Å²) in [6.07, 6.45) is 2.20. The Kier molecular flexibility index (Phi) is 8.63. The molecule has 0 radical (unpaired) electrons. The van der Waals surface area contributed by atoms with Crippen molar-refractivity contribution in [3.8, 4) is 0 Å². The zero-order chi connectivity index (χ0) is 24.0. The summed E-state index contributed by atoms with van der Waals surface area (Å²) in [6.45, 7) is 3.94. The topological polar surface area (TPSA) is 76.4 Å². The van der Waals surface area contributed by atoms with Gasteiger partial charge in [0.1, 0.15) is 5.82 Å². The maximum Gasteiger partial charge on any atom is 0.280 e. The number of hydrogen-bond acceptors (Lipinski definition) is 7. The fourth-order valence-electron chi connectivity index (χ4n) is 3.89. The number of aromatic nitrogens is 4. The van der Waals surface area contributed by atoms with E-state index in [2.05, 4.69) is 15.2 Å². The van der Waals surface area contributed by atoms with E-state index in [1.54, 1.807) is 39.2 Å². The van der Waals surface area contributed by atoms with E-state index in [-0.39, 0.29) is 29.8 Å². The van der Waals surface area contributed by atoms with Gasteiger partial charge in [-0.25, -0.2) is 14.1 Å². The Morgan fingerprint density at radius 1 is 1.08 bits per heavy atom. The summed E-state index contributed by atoms with van der Waals surface area (Å²) < 4.78 is 20.6. The van der Waals surface area contributed by atoms with Crippen molar-refractivity contribution in [1.29, 1.82) is 0 Å².